The van der Waals surface area contributed by atoms with Gasteiger partial charge in [-0.25, -0.2) is 13.2 Å². The Bertz CT molecular complexity index is 1020. The minimum absolute atomic E-state index is 0.0626. The van der Waals surface area contributed by atoms with E-state index >= 15 is 8.78 Å². The van der Waals surface area contributed by atoms with Crippen LogP contribution in [0.4, 0.5) is 13.2 Å². The molecule has 0 saturated heterocycles. The number of halogens is 3. The van der Waals surface area contributed by atoms with Crippen LogP contribution in [0, 0.1) is 29.3 Å². The summed E-state index contributed by atoms with van der Waals surface area (Å²) in [5.41, 5.74) is 2.83. The molecule has 0 heterocycles. The molecule has 37 heavy (non-hydrogen) atoms. The molecular weight excluding hydrogens is 465 g/mol. The Morgan fingerprint density at radius 2 is 1.35 bits per heavy atom. The van der Waals surface area contributed by atoms with E-state index in [1.807, 2.05) is 30.3 Å². The van der Waals surface area contributed by atoms with Crippen LogP contribution in [0.5, 0.6) is 0 Å². The maximum atomic E-state index is 15.2. The monoisotopic (exact) mass is 510 g/mol. The van der Waals surface area contributed by atoms with E-state index < -0.39 is 11.6 Å². The fraction of sp³-hybridized carbons (Fsp3) is 0.588. The second-order valence-corrected chi connectivity index (χ2v) is 11.7. The Labute approximate surface area is 222 Å². The molecule has 0 unspecified atom stereocenters. The first-order valence-electron chi connectivity index (χ1n) is 14.9. The standard InChI is InChI=1S/C34H45F3/c1-3-5-6-8-26-14-20-29(32(35)23-26)19-13-25-11-17-28(18-12-25)31-22-21-30(33(36)34(31)37)27-15-9-24(7-4-2)10-16-27/h13-14,19-25,27-28H,3-12,15-18H2,1-2H3/b19-13+. The van der Waals surface area contributed by atoms with Crippen LogP contribution in [0.15, 0.2) is 36.4 Å². The molecule has 2 saturated carbocycles. The summed E-state index contributed by atoms with van der Waals surface area (Å²) < 4.78 is 44.9. The number of aryl methyl sites for hydroxylation is 1. The van der Waals surface area contributed by atoms with Crippen molar-refractivity contribution in [3.05, 3.63) is 76.1 Å². The molecule has 0 amide bonds. The van der Waals surface area contributed by atoms with Crippen LogP contribution in [0.1, 0.15) is 131 Å². The fourth-order valence-electron chi connectivity index (χ4n) is 6.68. The molecule has 2 aromatic rings. The van der Waals surface area contributed by atoms with Crippen LogP contribution >= 0.6 is 0 Å². The summed E-state index contributed by atoms with van der Waals surface area (Å²) >= 11 is 0. The maximum Gasteiger partial charge on any atom is 0.162 e. The van der Waals surface area contributed by atoms with Gasteiger partial charge in [0, 0.05) is 5.56 Å². The highest BCUT2D eigenvalue weighted by Gasteiger charge is 2.29. The van der Waals surface area contributed by atoms with Crippen molar-refractivity contribution in [1.82, 2.24) is 0 Å². The molecule has 0 spiro atoms. The van der Waals surface area contributed by atoms with E-state index in [-0.39, 0.29) is 17.7 Å². The Kier molecular flexibility index (Phi) is 10.3. The van der Waals surface area contributed by atoms with E-state index in [0.717, 1.165) is 75.7 Å². The smallest absolute Gasteiger partial charge is 0.162 e. The Hall–Kier alpha value is -2.03. The summed E-state index contributed by atoms with van der Waals surface area (Å²) in [6, 6.07) is 9.33. The third-order valence-electron chi connectivity index (χ3n) is 9.02. The summed E-state index contributed by atoms with van der Waals surface area (Å²) in [5, 5.41) is 0. The van der Waals surface area contributed by atoms with Gasteiger partial charge in [-0.2, -0.15) is 0 Å². The largest absolute Gasteiger partial charge is 0.206 e. The molecule has 3 heteroatoms. The van der Waals surface area contributed by atoms with Crippen LogP contribution in [0.2, 0.25) is 0 Å². The first-order valence-corrected chi connectivity index (χ1v) is 14.9. The minimum Gasteiger partial charge on any atom is -0.206 e. The number of benzene rings is 2. The van der Waals surface area contributed by atoms with Crippen molar-refractivity contribution in [2.45, 2.75) is 116 Å². The molecule has 0 bridgehead atoms. The van der Waals surface area contributed by atoms with Crippen molar-refractivity contribution < 1.29 is 13.2 Å². The topological polar surface area (TPSA) is 0 Å². The van der Waals surface area contributed by atoms with Crippen LogP contribution in [0.3, 0.4) is 0 Å². The fourth-order valence-corrected chi connectivity index (χ4v) is 6.68. The van der Waals surface area contributed by atoms with Crippen molar-refractivity contribution in [2.24, 2.45) is 11.8 Å². The van der Waals surface area contributed by atoms with Gasteiger partial charge in [-0.05, 0) is 111 Å². The molecule has 0 aliphatic heterocycles. The van der Waals surface area contributed by atoms with Crippen molar-refractivity contribution in [3.63, 3.8) is 0 Å². The van der Waals surface area contributed by atoms with E-state index in [0.29, 0.717) is 22.6 Å². The first kappa shape index (κ1) is 28.0. The van der Waals surface area contributed by atoms with Gasteiger partial charge in [0.05, 0.1) is 0 Å². The van der Waals surface area contributed by atoms with E-state index in [2.05, 4.69) is 19.9 Å². The lowest BCUT2D eigenvalue weighted by molar-refractivity contribution is 0.302. The lowest BCUT2D eigenvalue weighted by atomic mass is 9.75. The molecule has 2 aliphatic rings. The zero-order valence-corrected chi connectivity index (χ0v) is 22.9. The summed E-state index contributed by atoms with van der Waals surface area (Å²) in [7, 11) is 0. The van der Waals surface area contributed by atoms with Crippen molar-refractivity contribution in [3.8, 4) is 0 Å². The van der Waals surface area contributed by atoms with Gasteiger partial charge in [0.2, 0.25) is 0 Å². The van der Waals surface area contributed by atoms with Gasteiger partial charge in [0.1, 0.15) is 5.82 Å². The van der Waals surface area contributed by atoms with Gasteiger partial charge >= 0.3 is 0 Å². The normalized spacial score (nSPS) is 24.6. The molecule has 0 radical (unpaired) electrons. The van der Waals surface area contributed by atoms with Gasteiger partial charge in [-0.15, -0.1) is 0 Å². The van der Waals surface area contributed by atoms with Crippen molar-refractivity contribution in [1.29, 1.82) is 0 Å². The lowest BCUT2D eigenvalue weighted by Crippen LogP contribution is -2.17. The van der Waals surface area contributed by atoms with Gasteiger partial charge < -0.3 is 0 Å². The van der Waals surface area contributed by atoms with E-state index in [1.165, 1.54) is 25.7 Å². The molecule has 0 atom stereocenters. The zero-order valence-electron chi connectivity index (χ0n) is 22.9. The molecular formula is C34H45F3. The second-order valence-electron chi connectivity index (χ2n) is 11.7. The number of unbranched alkanes of at least 4 members (excludes halogenated alkanes) is 2. The number of hydrogen-bond donors (Lipinski definition) is 0. The van der Waals surface area contributed by atoms with Crippen molar-refractivity contribution in [2.75, 3.05) is 0 Å². The van der Waals surface area contributed by atoms with E-state index in [9.17, 15) is 4.39 Å². The maximum absolute atomic E-state index is 15.2. The lowest BCUT2D eigenvalue weighted by Gasteiger charge is -2.30. The predicted molar refractivity (Wildman–Crippen MR) is 149 cm³/mol. The van der Waals surface area contributed by atoms with Gasteiger partial charge in [0.25, 0.3) is 0 Å². The Balaban J connectivity index is 1.31. The van der Waals surface area contributed by atoms with Gasteiger partial charge in [0.15, 0.2) is 11.6 Å². The highest BCUT2D eigenvalue weighted by Crippen LogP contribution is 2.42. The van der Waals surface area contributed by atoms with Gasteiger partial charge in [-0.1, -0.05) is 75.9 Å². The van der Waals surface area contributed by atoms with Crippen molar-refractivity contribution >= 4 is 6.08 Å². The molecule has 2 fully saturated rings. The number of rotatable bonds is 10. The molecule has 2 aromatic carbocycles. The SMILES string of the molecule is CCCCCc1ccc(/C=C/C2CCC(c3ccc(C4CCC(CCC)CC4)c(F)c3F)CC2)c(F)c1. The highest BCUT2D eigenvalue weighted by molar-refractivity contribution is 5.51. The second kappa shape index (κ2) is 13.7. The van der Waals surface area contributed by atoms with Gasteiger partial charge in [-0.3, -0.25) is 0 Å². The summed E-state index contributed by atoms with van der Waals surface area (Å²) in [4.78, 5) is 0. The van der Waals surface area contributed by atoms with Crippen LogP contribution in [-0.4, -0.2) is 0 Å². The summed E-state index contributed by atoms with van der Waals surface area (Å²) in [6.45, 7) is 4.39. The first-order chi connectivity index (χ1) is 18.0. The van der Waals surface area contributed by atoms with Crippen LogP contribution in [-0.2, 0) is 6.42 Å². The molecule has 2 aliphatic carbocycles. The molecule has 0 aromatic heterocycles. The quantitative estimate of drug-likeness (QED) is 0.279. The third kappa shape index (κ3) is 7.30. The number of hydrogen-bond acceptors (Lipinski definition) is 0. The van der Waals surface area contributed by atoms with E-state index in [4.69, 9.17) is 0 Å². The summed E-state index contributed by atoms with van der Waals surface area (Å²) in [5.74, 6) is -0.0545. The molecule has 0 nitrogen and oxygen atoms in total. The average molecular weight is 511 g/mol. The molecule has 0 N–H and O–H groups in total. The van der Waals surface area contributed by atoms with Crippen LogP contribution < -0.4 is 0 Å². The highest BCUT2D eigenvalue weighted by atomic mass is 19.2. The summed E-state index contributed by atoms with van der Waals surface area (Å²) in [6.07, 6.45) is 18.6. The molecule has 202 valence electrons. The third-order valence-corrected chi connectivity index (χ3v) is 9.02. The predicted octanol–water partition coefficient (Wildman–Crippen LogP) is 10.9. The van der Waals surface area contributed by atoms with Crippen LogP contribution in [0.25, 0.3) is 6.08 Å². The Morgan fingerprint density at radius 3 is 1.92 bits per heavy atom. The van der Waals surface area contributed by atoms with E-state index in [1.54, 1.807) is 6.07 Å². The average Bonchev–Trinajstić information content (AvgIpc) is 2.91. The minimum atomic E-state index is -0.617. The molecule has 4 rings (SSSR count). The number of allylic oxidation sites excluding steroid dienone is 1. The zero-order chi connectivity index (χ0) is 26.2. The Morgan fingerprint density at radius 1 is 0.730 bits per heavy atom.